The molecule has 3 saturated carbocycles. The van der Waals surface area contributed by atoms with E-state index in [9.17, 15) is 33.9 Å². The van der Waals surface area contributed by atoms with Gasteiger partial charge in [-0.05, 0) is 98.9 Å². The van der Waals surface area contributed by atoms with Crippen molar-refractivity contribution in [1.82, 2.24) is 44.9 Å². The van der Waals surface area contributed by atoms with Crippen LogP contribution in [0.15, 0.2) is 59.1 Å². The van der Waals surface area contributed by atoms with Crippen molar-refractivity contribution in [2.75, 3.05) is 37.6 Å². The molecule has 18 heteroatoms. The number of β-amino-alcohol motifs (C(OH)–C–C–N with tert-alkyl or cyclic N) is 1. The Morgan fingerprint density at radius 3 is 2.22 bits per heavy atom. The number of anilines is 1. The van der Waals surface area contributed by atoms with E-state index in [1.165, 1.54) is 11.8 Å². The van der Waals surface area contributed by atoms with Crippen LogP contribution in [0.5, 0.6) is 0 Å². The summed E-state index contributed by atoms with van der Waals surface area (Å²) >= 11 is 1.58. The second-order valence-corrected chi connectivity index (χ2v) is 23.6. The monoisotopic (exact) mass is 1020 g/mol. The number of nitrogens with zero attached hydrogens (tertiary/aromatic N) is 8. The molecule has 0 unspecified atom stereocenters. The largest absolute Gasteiger partial charge is 0.391 e. The molecule has 74 heavy (non-hydrogen) atoms. The number of amides is 4. The molecule has 1 spiro atoms. The van der Waals surface area contributed by atoms with Gasteiger partial charge in [0.15, 0.2) is 5.78 Å². The van der Waals surface area contributed by atoms with Crippen LogP contribution in [0.3, 0.4) is 0 Å². The standard InChI is InChI=1S/C56H68N10O7S/c1-32-43-29-58-45(61-49(43)66(40-9-7-8-10-40)53(72)46(32)34(3)67)21-39-15-16-41(28-57-39)63-17-19-64(20-18-63)52(71)38-25-56(26-38)23-37(24-56)50(69)62-48(55(4,5)6)54(73)65-30-42(68)22-44(65)51(70)59-27-35-11-13-36(14-12-35)47-33(2)60-31-74-47/h11-16,28-29,31,37-38,40,42,44,48,68H,7-10,17-27,30H2,1-6H3,(H,59,70)(H,62,69)/t37?,38?,42-,44+,48-,56?/m1/s1. The molecule has 3 N–H and O–H groups in total. The summed E-state index contributed by atoms with van der Waals surface area (Å²) in [5.74, 6) is -0.786. The Morgan fingerprint density at radius 2 is 1.58 bits per heavy atom. The fourth-order valence-corrected chi connectivity index (χ4v) is 13.2. The fourth-order valence-electron chi connectivity index (χ4n) is 12.4. The van der Waals surface area contributed by atoms with Gasteiger partial charge in [0.05, 0.1) is 46.1 Å². The summed E-state index contributed by atoms with van der Waals surface area (Å²) in [6, 6.07) is 10.2. The van der Waals surface area contributed by atoms with E-state index in [4.69, 9.17) is 9.97 Å². The first-order valence-electron chi connectivity index (χ1n) is 26.3. The first-order valence-corrected chi connectivity index (χ1v) is 27.2. The molecule has 5 aromatic rings. The molecule has 4 amide bonds. The number of aryl methyl sites for hydroxylation is 2. The fraction of sp³-hybridized carbons (Fsp3) is 0.536. The van der Waals surface area contributed by atoms with Crippen LogP contribution in [0, 0.1) is 36.5 Å². The minimum Gasteiger partial charge on any atom is -0.391 e. The zero-order valence-electron chi connectivity index (χ0n) is 43.4. The summed E-state index contributed by atoms with van der Waals surface area (Å²) in [5.41, 5.74) is 6.93. The number of nitrogens with one attached hydrogen (secondary N) is 2. The van der Waals surface area contributed by atoms with E-state index < -0.39 is 23.6 Å². The van der Waals surface area contributed by atoms with Crippen LogP contribution in [0.25, 0.3) is 21.5 Å². The van der Waals surface area contributed by atoms with E-state index in [2.05, 4.69) is 25.5 Å². The molecule has 3 atom stereocenters. The number of carbonyl (C=O) groups excluding carboxylic acids is 5. The number of rotatable bonds is 13. The third-order valence-corrected chi connectivity index (χ3v) is 17.5. The van der Waals surface area contributed by atoms with Gasteiger partial charge in [0, 0.05) is 80.8 Å². The molecule has 390 valence electrons. The topological polar surface area (TPSA) is 213 Å². The van der Waals surface area contributed by atoms with Crippen molar-refractivity contribution in [1.29, 1.82) is 0 Å². The number of pyridine rings is 2. The Balaban J connectivity index is 0.683. The predicted molar refractivity (Wildman–Crippen MR) is 281 cm³/mol. The highest BCUT2D eigenvalue weighted by Crippen LogP contribution is 2.61. The third-order valence-electron chi connectivity index (χ3n) is 16.5. The number of piperazine rings is 1. The molecule has 5 aliphatic rings. The number of aliphatic hydroxyl groups excluding tert-OH is 1. The number of Topliss-reactive ketones (excluding diaryl/α,β-unsaturated/α-hetero) is 1. The van der Waals surface area contributed by atoms with Crippen molar-refractivity contribution in [2.24, 2.45) is 22.7 Å². The lowest BCUT2D eigenvalue weighted by molar-refractivity contribution is -0.158. The summed E-state index contributed by atoms with van der Waals surface area (Å²) < 4.78 is 1.73. The van der Waals surface area contributed by atoms with Crippen LogP contribution in [-0.2, 0) is 32.1 Å². The lowest BCUT2D eigenvalue weighted by Gasteiger charge is -2.57. The third kappa shape index (κ3) is 10.1. The van der Waals surface area contributed by atoms with E-state index >= 15 is 0 Å². The van der Waals surface area contributed by atoms with E-state index in [0.717, 1.165) is 77.0 Å². The number of fused-ring (bicyclic) bond motifs is 1. The quantitative estimate of drug-likeness (QED) is 0.114. The zero-order chi connectivity index (χ0) is 52.2. The van der Waals surface area contributed by atoms with Gasteiger partial charge >= 0.3 is 0 Å². The summed E-state index contributed by atoms with van der Waals surface area (Å²) in [5, 5.41) is 17.4. The minimum atomic E-state index is -0.902. The smallest absolute Gasteiger partial charge is 0.263 e. The first-order chi connectivity index (χ1) is 35.4. The molecule has 3 aliphatic carbocycles. The van der Waals surface area contributed by atoms with Crippen molar-refractivity contribution in [3.05, 3.63) is 98.6 Å². The van der Waals surface area contributed by atoms with Gasteiger partial charge in [-0.25, -0.2) is 15.0 Å². The number of hydrogen-bond acceptors (Lipinski definition) is 13. The van der Waals surface area contributed by atoms with Crippen molar-refractivity contribution in [3.8, 4) is 10.4 Å². The Morgan fingerprint density at radius 1 is 0.878 bits per heavy atom. The van der Waals surface area contributed by atoms with Crippen LogP contribution in [0.1, 0.15) is 130 Å². The van der Waals surface area contributed by atoms with E-state index in [1.54, 1.807) is 29.0 Å². The number of ketones is 1. The summed E-state index contributed by atoms with van der Waals surface area (Å²) in [6.07, 6.45) is 9.88. The van der Waals surface area contributed by atoms with Crippen molar-refractivity contribution >= 4 is 57.5 Å². The molecular formula is C56H68N10O7S. The number of likely N-dealkylation sites (tertiary alicyclic amines) is 1. The summed E-state index contributed by atoms with van der Waals surface area (Å²) in [4.78, 5) is 107. The maximum absolute atomic E-state index is 14.3. The molecule has 1 aromatic carbocycles. The van der Waals surface area contributed by atoms with Crippen LogP contribution < -0.4 is 21.1 Å². The predicted octanol–water partition coefficient (Wildman–Crippen LogP) is 6.10. The number of benzene rings is 1. The molecule has 2 saturated heterocycles. The van der Waals surface area contributed by atoms with Gasteiger partial charge in [0.2, 0.25) is 23.6 Å². The van der Waals surface area contributed by atoms with Gasteiger partial charge in [-0.15, -0.1) is 11.3 Å². The normalized spacial score (nSPS) is 23.4. The number of carbonyl (C=O) groups is 5. The molecular weight excluding hydrogens is 957 g/mol. The van der Waals surface area contributed by atoms with Gasteiger partial charge in [0.1, 0.15) is 23.6 Å². The highest BCUT2D eigenvalue weighted by Gasteiger charge is 2.57. The Labute approximate surface area is 435 Å². The lowest BCUT2D eigenvalue weighted by Crippen LogP contribution is -2.61. The maximum Gasteiger partial charge on any atom is 0.263 e. The molecule has 6 heterocycles. The Bertz CT molecular complexity index is 3030. The van der Waals surface area contributed by atoms with E-state index in [1.807, 2.05) is 80.7 Å². The summed E-state index contributed by atoms with van der Waals surface area (Å²) in [7, 11) is 0. The van der Waals surface area contributed by atoms with Gasteiger partial charge in [-0.1, -0.05) is 57.9 Å². The average Bonchev–Trinajstić information content (AvgIpc) is 4.13. The zero-order valence-corrected chi connectivity index (χ0v) is 44.2. The van der Waals surface area contributed by atoms with Crippen LogP contribution >= 0.6 is 11.3 Å². The molecule has 10 rings (SSSR count). The second kappa shape index (κ2) is 20.4. The summed E-state index contributed by atoms with van der Waals surface area (Å²) in [6.45, 7) is 13.7. The molecule has 0 bridgehead atoms. The molecule has 5 fully saturated rings. The van der Waals surface area contributed by atoms with Gasteiger partial charge < -0.3 is 30.4 Å². The average molecular weight is 1030 g/mol. The van der Waals surface area contributed by atoms with Crippen molar-refractivity contribution < 1.29 is 29.1 Å². The number of aliphatic hydroxyl groups is 1. The van der Waals surface area contributed by atoms with Crippen LogP contribution in [0.4, 0.5) is 5.69 Å². The molecule has 2 aliphatic heterocycles. The van der Waals surface area contributed by atoms with Crippen molar-refractivity contribution in [2.45, 2.75) is 137 Å². The van der Waals surface area contributed by atoms with Crippen LogP contribution in [0.2, 0.25) is 0 Å². The first kappa shape index (κ1) is 51.1. The Hall–Kier alpha value is -6.40. The maximum atomic E-state index is 14.3. The highest BCUT2D eigenvalue weighted by molar-refractivity contribution is 7.13. The van der Waals surface area contributed by atoms with Gasteiger partial charge in [-0.2, -0.15) is 0 Å². The van der Waals surface area contributed by atoms with Crippen LogP contribution in [-0.4, -0.2) is 120 Å². The lowest BCUT2D eigenvalue weighted by atomic mass is 9.48. The second-order valence-electron chi connectivity index (χ2n) is 22.8. The number of thiazole rings is 1. The molecule has 0 radical (unpaired) electrons. The van der Waals surface area contributed by atoms with Gasteiger partial charge in [-0.3, -0.25) is 38.3 Å². The van der Waals surface area contributed by atoms with E-state index in [-0.39, 0.29) is 83.3 Å². The SMILES string of the molecule is CC(=O)c1c(C)c2cnc(Cc3ccc(N4CCN(C(=O)C5CC6(CC(C(=O)N[C@H](C(=O)N7C[C@H](O)C[C@H]7C(=O)NCc7ccc(-c8scnc8C)cc7)C(C)(C)C)C6)C5)CC4)cn3)nc2n(C2CCCC2)c1=O. The Kier molecular flexibility index (Phi) is 14.1. The van der Waals surface area contributed by atoms with E-state index in [0.29, 0.717) is 62.5 Å². The number of aromatic nitrogens is 5. The molecule has 17 nitrogen and oxygen atoms in total. The number of hydrogen-bond donors (Lipinski definition) is 3. The van der Waals surface area contributed by atoms with Gasteiger partial charge in [0.25, 0.3) is 5.56 Å². The van der Waals surface area contributed by atoms with Crippen molar-refractivity contribution in [3.63, 3.8) is 0 Å². The highest BCUT2D eigenvalue weighted by atomic mass is 32.1. The molecule has 4 aromatic heterocycles. The minimum absolute atomic E-state index is 0.00703.